The van der Waals surface area contributed by atoms with Gasteiger partial charge in [0, 0.05) is 0 Å². The normalized spacial score (nSPS) is 12.4. The second-order valence-electron chi connectivity index (χ2n) is 3.69. The number of hydrogen-bond donors (Lipinski definition) is 0. The number of rotatable bonds is 4. The molecule has 0 radical (unpaired) electrons. The summed E-state index contributed by atoms with van der Waals surface area (Å²) in [5, 5.41) is 0. The minimum Gasteiger partial charge on any atom is -0.481 e. The number of alkyl halides is 5. The predicted octanol–water partition coefficient (Wildman–Crippen LogP) is 4.46. The first-order chi connectivity index (χ1) is 9.44. The number of halogens is 9. The molecule has 0 atom stereocenters. The molecule has 118 valence electrons. The lowest BCUT2D eigenvalue weighted by atomic mass is 10.1. The maximum Gasteiger partial charge on any atom is 0.456 e. The summed E-state index contributed by atoms with van der Waals surface area (Å²) in [6.45, 7) is 0.314. The quantitative estimate of drug-likeness (QED) is 0.587. The predicted molar refractivity (Wildman–Crippen MR) is 52.9 cm³/mol. The molecule has 0 saturated carbocycles. The Kier molecular flexibility index (Phi) is 4.49. The Labute approximate surface area is 111 Å². The molecule has 0 N–H and O–H groups in total. The van der Waals surface area contributed by atoms with Gasteiger partial charge in [0.05, 0.1) is 5.56 Å². The molecule has 0 saturated heterocycles. The summed E-state index contributed by atoms with van der Waals surface area (Å²) < 4.78 is 117. The second kappa shape index (κ2) is 5.49. The van der Waals surface area contributed by atoms with E-state index in [1.165, 1.54) is 0 Å². The van der Waals surface area contributed by atoms with Crippen LogP contribution in [-0.2, 0) is 0 Å². The topological polar surface area (TPSA) is 9.23 Å². The first-order valence-corrected chi connectivity index (χ1v) is 4.99. The van der Waals surface area contributed by atoms with Crippen LogP contribution in [0.5, 0.6) is 5.75 Å². The first-order valence-electron chi connectivity index (χ1n) is 4.99. The van der Waals surface area contributed by atoms with Crippen LogP contribution < -0.4 is 4.74 Å². The number of benzene rings is 1. The molecule has 0 heterocycles. The fourth-order valence-electron chi connectivity index (χ4n) is 1.18. The van der Waals surface area contributed by atoms with Crippen molar-refractivity contribution in [2.45, 2.75) is 12.1 Å². The summed E-state index contributed by atoms with van der Waals surface area (Å²) in [5.41, 5.74) is -1.25. The maximum atomic E-state index is 13.3. The molecule has 1 nitrogen and oxygen atoms in total. The van der Waals surface area contributed by atoms with Crippen molar-refractivity contribution in [2.75, 3.05) is 6.61 Å². The smallest absolute Gasteiger partial charge is 0.456 e. The second-order valence-corrected chi connectivity index (χ2v) is 3.69. The van der Waals surface area contributed by atoms with Gasteiger partial charge in [-0.1, -0.05) is 12.7 Å². The van der Waals surface area contributed by atoms with Gasteiger partial charge in [0.25, 0.3) is 0 Å². The van der Waals surface area contributed by atoms with Crippen molar-refractivity contribution in [3.05, 3.63) is 35.4 Å². The van der Waals surface area contributed by atoms with Gasteiger partial charge in [-0.2, -0.15) is 30.7 Å². The van der Waals surface area contributed by atoms with Crippen LogP contribution in [0.3, 0.4) is 0 Å². The van der Waals surface area contributed by atoms with E-state index in [2.05, 4.69) is 11.3 Å². The Hall–Kier alpha value is -1.87. The average molecular weight is 324 g/mol. The molecule has 0 unspecified atom stereocenters. The molecule has 1 aromatic rings. The van der Waals surface area contributed by atoms with E-state index in [1.54, 1.807) is 0 Å². The summed E-state index contributed by atoms with van der Waals surface area (Å²) in [6.07, 6.45) is -5.66. The molecule has 1 aromatic carbocycles. The Bertz CT molecular complexity index is 533. The summed E-state index contributed by atoms with van der Waals surface area (Å²) in [6, 6.07) is 0. The molecule has 0 amide bonds. The van der Waals surface area contributed by atoms with Crippen LogP contribution >= 0.6 is 0 Å². The Morgan fingerprint density at radius 3 is 1.62 bits per heavy atom. The van der Waals surface area contributed by atoms with Gasteiger partial charge in [0.15, 0.2) is 24.0 Å². The summed E-state index contributed by atoms with van der Waals surface area (Å²) in [7, 11) is 0. The van der Waals surface area contributed by atoms with E-state index in [4.69, 9.17) is 0 Å². The van der Waals surface area contributed by atoms with Crippen molar-refractivity contribution in [3.8, 4) is 5.75 Å². The van der Waals surface area contributed by atoms with Crippen LogP contribution in [-0.4, -0.2) is 18.7 Å². The minimum atomic E-state index is -6.06. The lowest BCUT2D eigenvalue weighted by molar-refractivity contribution is -0.290. The van der Waals surface area contributed by atoms with Crippen molar-refractivity contribution in [2.24, 2.45) is 0 Å². The molecule has 10 heteroatoms. The summed E-state index contributed by atoms with van der Waals surface area (Å²) >= 11 is 0. The third-order valence-electron chi connectivity index (χ3n) is 2.27. The summed E-state index contributed by atoms with van der Waals surface area (Å²) in [4.78, 5) is 0. The third-order valence-corrected chi connectivity index (χ3v) is 2.27. The molecule has 0 aromatic heterocycles. The van der Waals surface area contributed by atoms with E-state index in [0.717, 1.165) is 0 Å². The zero-order valence-electron chi connectivity index (χ0n) is 9.80. The molecule has 0 spiro atoms. The lowest BCUT2D eigenvalue weighted by Gasteiger charge is -2.20. The van der Waals surface area contributed by atoms with E-state index >= 15 is 0 Å². The molecule has 0 aliphatic heterocycles. The first kappa shape index (κ1) is 17.2. The van der Waals surface area contributed by atoms with E-state index in [1.807, 2.05) is 0 Å². The average Bonchev–Trinajstić information content (AvgIpc) is 2.35. The van der Waals surface area contributed by atoms with Gasteiger partial charge in [0.1, 0.15) is 0 Å². The van der Waals surface area contributed by atoms with Crippen LogP contribution in [0.25, 0.3) is 6.08 Å². The molecule has 0 aliphatic carbocycles. The molecular weight excluding hydrogens is 319 g/mol. The molecule has 21 heavy (non-hydrogen) atoms. The standard InChI is InChI=1S/C11H5F9O/c1-2-4-5(12)7(14)9(8(15)6(4)13)21-3-10(16,17)11(18,19)20/h2H,1,3H2. The zero-order valence-corrected chi connectivity index (χ0v) is 9.80. The number of hydrogen-bond acceptors (Lipinski definition) is 1. The highest BCUT2D eigenvalue weighted by Gasteiger charge is 2.58. The maximum absolute atomic E-state index is 13.3. The SMILES string of the molecule is C=Cc1c(F)c(F)c(OCC(F)(F)C(F)(F)F)c(F)c1F. The highest BCUT2D eigenvalue weighted by atomic mass is 19.4. The van der Waals surface area contributed by atoms with Crippen LogP contribution in [0.4, 0.5) is 39.5 Å². The van der Waals surface area contributed by atoms with Gasteiger partial charge in [-0.3, -0.25) is 0 Å². The van der Waals surface area contributed by atoms with Gasteiger partial charge in [-0.15, -0.1) is 0 Å². The molecular formula is C11H5F9O. The largest absolute Gasteiger partial charge is 0.481 e. The van der Waals surface area contributed by atoms with E-state index in [9.17, 15) is 39.5 Å². The minimum absolute atomic E-state index is 0.394. The zero-order chi connectivity index (χ0) is 16.6. The Morgan fingerprint density at radius 1 is 0.857 bits per heavy atom. The number of ether oxygens (including phenoxy) is 1. The fourth-order valence-corrected chi connectivity index (χ4v) is 1.18. The molecule has 0 fully saturated rings. The van der Waals surface area contributed by atoms with Gasteiger partial charge < -0.3 is 4.74 Å². The fraction of sp³-hybridized carbons (Fsp3) is 0.273. The van der Waals surface area contributed by atoms with Crippen molar-refractivity contribution in [1.82, 2.24) is 0 Å². The van der Waals surface area contributed by atoms with Crippen LogP contribution in [0.1, 0.15) is 5.56 Å². The van der Waals surface area contributed by atoms with Gasteiger partial charge in [-0.05, 0) is 0 Å². The molecule has 1 rings (SSSR count). The van der Waals surface area contributed by atoms with Gasteiger partial charge in [-0.25, -0.2) is 8.78 Å². The van der Waals surface area contributed by atoms with Crippen molar-refractivity contribution < 1.29 is 44.3 Å². The van der Waals surface area contributed by atoms with E-state index in [0.29, 0.717) is 6.08 Å². The molecule has 0 aliphatic rings. The highest BCUT2D eigenvalue weighted by Crippen LogP contribution is 2.37. The molecule has 0 bridgehead atoms. The van der Waals surface area contributed by atoms with Gasteiger partial charge >= 0.3 is 12.1 Å². The van der Waals surface area contributed by atoms with Crippen molar-refractivity contribution >= 4 is 6.08 Å². The summed E-state index contributed by atoms with van der Waals surface area (Å²) in [5.74, 6) is -16.0. The van der Waals surface area contributed by atoms with E-state index < -0.39 is 53.3 Å². The lowest BCUT2D eigenvalue weighted by Crippen LogP contribution is -2.42. The van der Waals surface area contributed by atoms with Crippen LogP contribution in [0.2, 0.25) is 0 Å². The van der Waals surface area contributed by atoms with E-state index in [-0.39, 0.29) is 0 Å². The highest BCUT2D eigenvalue weighted by molar-refractivity contribution is 5.51. The van der Waals surface area contributed by atoms with Crippen LogP contribution in [0.15, 0.2) is 6.58 Å². The third kappa shape index (κ3) is 3.08. The van der Waals surface area contributed by atoms with Crippen LogP contribution in [0, 0.1) is 23.3 Å². The Balaban J connectivity index is 3.20. The van der Waals surface area contributed by atoms with Gasteiger partial charge in [0.2, 0.25) is 11.6 Å². The van der Waals surface area contributed by atoms with Crippen molar-refractivity contribution in [1.29, 1.82) is 0 Å². The van der Waals surface area contributed by atoms with Crippen molar-refractivity contribution in [3.63, 3.8) is 0 Å². The Morgan fingerprint density at radius 2 is 1.29 bits per heavy atom. The monoisotopic (exact) mass is 324 g/mol.